The van der Waals surface area contributed by atoms with E-state index in [1.54, 1.807) is 30.3 Å². The van der Waals surface area contributed by atoms with Gasteiger partial charge in [-0.15, -0.1) is 0 Å². The molecule has 0 amide bonds. The Kier molecular flexibility index (Phi) is 6.68. The maximum Gasteiger partial charge on any atom is 0.411 e. The Morgan fingerprint density at radius 2 is 0.865 bits per heavy atom. The van der Waals surface area contributed by atoms with Crippen molar-refractivity contribution >= 4 is 11.4 Å². The van der Waals surface area contributed by atoms with Crippen molar-refractivity contribution in [3.05, 3.63) is 108 Å². The van der Waals surface area contributed by atoms with Crippen LogP contribution < -0.4 is 20.9 Å². The lowest BCUT2D eigenvalue weighted by molar-refractivity contribution is -0.288. The summed E-state index contributed by atoms with van der Waals surface area (Å²) in [6, 6.07) is 19.5. The van der Waals surface area contributed by atoms with Crippen LogP contribution in [0.2, 0.25) is 0 Å². The summed E-state index contributed by atoms with van der Waals surface area (Å²) in [4.78, 5) is 0. The predicted molar refractivity (Wildman–Crippen MR) is 128 cm³/mol. The van der Waals surface area contributed by atoms with Gasteiger partial charge in [0.25, 0.3) is 0 Å². The van der Waals surface area contributed by atoms with Gasteiger partial charge >= 0.3 is 12.4 Å². The number of rotatable bonds is 6. The van der Waals surface area contributed by atoms with Gasteiger partial charge in [-0.05, 0) is 71.8 Å². The Morgan fingerprint density at radius 1 is 0.459 bits per heavy atom. The van der Waals surface area contributed by atoms with Crippen LogP contribution in [0.3, 0.4) is 0 Å². The monoisotopic (exact) mass is 518 g/mol. The van der Waals surface area contributed by atoms with Gasteiger partial charge in [0.2, 0.25) is 5.41 Å². The SMILES string of the molecule is Nc1ccc(Oc2ccc(C(c3ccc(Oc4cccc(N)c4)cc3)(C(F)(F)F)C(F)(F)F)cc2)cc1. The number of anilines is 2. The van der Waals surface area contributed by atoms with Gasteiger partial charge in [-0.2, -0.15) is 26.3 Å². The maximum atomic E-state index is 14.4. The van der Waals surface area contributed by atoms with E-state index in [2.05, 4.69) is 0 Å². The van der Waals surface area contributed by atoms with Gasteiger partial charge in [0.1, 0.15) is 23.0 Å². The molecule has 0 saturated heterocycles. The molecule has 0 spiro atoms. The van der Waals surface area contributed by atoms with Crippen LogP contribution in [0.25, 0.3) is 0 Å². The van der Waals surface area contributed by atoms with Crippen LogP contribution in [-0.4, -0.2) is 12.4 Å². The molecule has 0 aliphatic rings. The van der Waals surface area contributed by atoms with E-state index >= 15 is 0 Å². The lowest BCUT2D eigenvalue weighted by atomic mass is 9.73. The first kappa shape index (κ1) is 25.7. The molecule has 4 rings (SSSR count). The standard InChI is InChI=1S/C27H20F6N2O2/c28-26(29,30)25(27(31,32)33,17-4-10-21(11-5-17)36-23-14-8-19(34)9-15-23)18-6-12-22(13-7-18)37-24-3-1-2-20(35)16-24/h1-16H,34-35H2. The van der Waals surface area contributed by atoms with E-state index in [-0.39, 0.29) is 17.2 Å². The molecule has 0 fully saturated rings. The summed E-state index contributed by atoms with van der Waals surface area (Å²) in [7, 11) is 0. The number of ether oxygens (including phenoxy) is 2. The van der Waals surface area contributed by atoms with E-state index in [1.165, 1.54) is 18.2 Å². The summed E-state index contributed by atoms with van der Waals surface area (Å²) < 4.78 is 97.5. The lowest BCUT2D eigenvalue weighted by Crippen LogP contribution is -2.54. The van der Waals surface area contributed by atoms with Crippen molar-refractivity contribution < 1.29 is 35.8 Å². The second-order valence-corrected chi connectivity index (χ2v) is 8.14. The van der Waals surface area contributed by atoms with Crippen LogP contribution in [0.5, 0.6) is 23.0 Å². The van der Waals surface area contributed by atoms with Crippen LogP contribution in [0.1, 0.15) is 11.1 Å². The molecule has 37 heavy (non-hydrogen) atoms. The van der Waals surface area contributed by atoms with Crippen molar-refractivity contribution in [2.75, 3.05) is 11.5 Å². The molecule has 4 nitrogen and oxygen atoms in total. The summed E-state index contributed by atoms with van der Waals surface area (Å²) >= 11 is 0. The Bertz CT molecular complexity index is 1340. The second-order valence-electron chi connectivity index (χ2n) is 8.14. The summed E-state index contributed by atoms with van der Waals surface area (Å²) in [5.74, 6) is 0.690. The molecule has 0 bridgehead atoms. The zero-order valence-corrected chi connectivity index (χ0v) is 19.0. The maximum absolute atomic E-state index is 14.4. The zero-order chi connectivity index (χ0) is 26.8. The summed E-state index contributed by atoms with van der Waals surface area (Å²) in [6.45, 7) is 0. The van der Waals surface area contributed by atoms with Crippen LogP contribution >= 0.6 is 0 Å². The molecule has 4 aromatic carbocycles. The first-order chi connectivity index (χ1) is 17.4. The van der Waals surface area contributed by atoms with Crippen molar-refractivity contribution in [2.24, 2.45) is 0 Å². The van der Waals surface area contributed by atoms with E-state index in [1.807, 2.05) is 0 Å². The van der Waals surface area contributed by atoms with Gasteiger partial charge in [0.05, 0.1) is 0 Å². The Morgan fingerprint density at radius 3 is 1.27 bits per heavy atom. The molecule has 0 aliphatic heterocycles. The van der Waals surface area contributed by atoms with Crippen LogP contribution in [0.4, 0.5) is 37.7 Å². The fraction of sp³-hybridized carbons (Fsp3) is 0.111. The third-order valence-corrected chi connectivity index (χ3v) is 5.63. The third kappa shape index (κ3) is 5.13. The molecule has 0 atom stereocenters. The molecule has 0 saturated carbocycles. The van der Waals surface area contributed by atoms with Crippen molar-refractivity contribution in [3.8, 4) is 23.0 Å². The second kappa shape index (κ2) is 9.61. The molecule has 10 heteroatoms. The fourth-order valence-electron chi connectivity index (χ4n) is 3.91. The summed E-state index contributed by atoms with van der Waals surface area (Å²) in [5, 5.41) is 0. The number of nitrogens with two attached hydrogens (primary N) is 2. The van der Waals surface area contributed by atoms with Gasteiger partial charge in [-0.3, -0.25) is 0 Å². The van der Waals surface area contributed by atoms with Gasteiger partial charge in [0.15, 0.2) is 0 Å². The molecule has 0 aromatic heterocycles. The zero-order valence-electron chi connectivity index (χ0n) is 19.0. The van der Waals surface area contributed by atoms with E-state index in [0.29, 0.717) is 17.1 Å². The molecule has 0 radical (unpaired) electrons. The minimum atomic E-state index is -5.72. The number of benzene rings is 4. The average molecular weight is 518 g/mol. The molecule has 4 aromatic rings. The molecular formula is C27H20F6N2O2. The van der Waals surface area contributed by atoms with E-state index in [4.69, 9.17) is 20.9 Å². The smallest absolute Gasteiger partial charge is 0.411 e. The average Bonchev–Trinajstić information content (AvgIpc) is 2.81. The minimum absolute atomic E-state index is 0.0415. The van der Waals surface area contributed by atoms with E-state index < -0.39 is 28.9 Å². The highest BCUT2D eigenvalue weighted by Gasteiger charge is 2.72. The predicted octanol–water partition coefficient (Wildman–Crippen LogP) is 7.85. The highest BCUT2D eigenvalue weighted by Crippen LogP contribution is 2.56. The number of hydrogen-bond acceptors (Lipinski definition) is 4. The van der Waals surface area contributed by atoms with Crippen molar-refractivity contribution in [2.45, 2.75) is 17.8 Å². The summed E-state index contributed by atoms with van der Waals surface area (Å²) in [5.41, 5.74) is 5.79. The lowest BCUT2D eigenvalue weighted by Gasteiger charge is -2.38. The van der Waals surface area contributed by atoms with Crippen LogP contribution in [0, 0.1) is 0 Å². The Labute approximate surface area is 208 Å². The first-order valence-electron chi connectivity index (χ1n) is 10.8. The number of halogens is 6. The first-order valence-corrected chi connectivity index (χ1v) is 10.8. The van der Waals surface area contributed by atoms with Crippen LogP contribution in [0.15, 0.2) is 97.1 Å². The number of hydrogen-bond donors (Lipinski definition) is 2. The molecule has 4 N–H and O–H groups in total. The molecular weight excluding hydrogens is 498 g/mol. The Balaban J connectivity index is 1.72. The van der Waals surface area contributed by atoms with E-state index in [0.717, 1.165) is 48.5 Å². The van der Waals surface area contributed by atoms with Gasteiger partial charge in [0, 0.05) is 17.4 Å². The van der Waals surface area contributed by atoms with Gasteiger partial charge in [-0.1, -0.05) is 30.3 Å². The molecule has 0 unspecified atom stereocenters. The molecule has 0 heterocycles. The normalized spacial score (nSPS) is 12.3. The minimum Gasteiger partial charge on any atom is -0.457 e. The molecule has 0 aliphatic carbocycles. The van der Waals surface area contributed by atoms with Crippen molar-refractivity contribution in [1.82, 2.24) is 0 Å². The van der Waals surface area contributed by atoms with Gasteiger partial charge < -0.3 is 20.9 Å². The third-order valence-electron chi connectivity index (χ3n) is 5.63. The molecule has 192 valence electrons. The largest absolute Gasteiger partial charge is 0.457 e. The number of alkyl halides is 6. The topological polar surface area (TPSA) is 70.5 Å². The van der Waals surface area contributed by atoms with Gasteiger partial charge in [-0.25, -0.2) is 0 Å². The van der Waals surface area contributed by atoms with E-state index in [9.17, 15) is 26.3 Å². The van der Waals surface area contributed by atoms with Crippen molar-refractivity contribution in [1.29, 1.82) is 0 Å². The fourth-order valence-corrected chi connectivity index (χ4v) is 3.91. The van der Waals surface area contributed by atoms with Crippen LogP contribution in [-0.2, 0) is 5.41 Å². The highest BCUT2D eigenvalue weighted by molar-refractivity contribution is 5.49. The Hall–Kier alpha value is -4.34. The number of nitrogen functional groups attached to an aromatic ring is 2. The quantitative estimate of drug-likeness (QED) is 0.202. The highest BCUT2D eigenvalue weighted by atomic mass is 19.4. The summed E-state index contributed by atoms with van der Waals surface area (Å²) in [6.07, 6.45) is -11.4. The van der Waals surface area contributed by atoms with Crippen molar-refractivity contribution in [3.63, 3.8) is 0 Å².